The number of aromatic amines is 1. The predicted molar refractivity (Wildman–Crippen MR) is 57.7 cm³/mol. The second-order valence-electron chi connectivity index (χ2n) is 3.13. The van der Waals surface area contributed by atoms with Crippen molar-refractivity contribution in [2.45, 2.75) is 0 Å². The molecule has 5 nitrogen and oxygen atoms in total. The summed E-state index contributed by atoms with van der Waals surface area (Å²) in [7, 11) is 0. The van der Waals surface area contributed by atoms with E-state index in [1.165, 1.54) is 24.4 Å². The van der Waals surface area contributed by atoms with Crippen molar-refractivity contribution in [3.63, 3.8) is 0 Å². The molecule has 1 heterocycles. The third-order valence-electron chi connectivity index (χ3n) is 2.10. The second-order valence-corrected chi connectivity index (χ2v) is 3.56. The molecule has 3 N–H and O–H groups in total. The number of nitrogens with zero attached hydrogens (tertiary/aromatic N) is 1. The number of H-pyrrole nitrogens is 1. The number of carboxylic acids is 1. The summed E-state index contributed by atoms with van der Waals surface area (Å²) >= 11 is 5.77. The Morgan fingerprint density at radius 1 is 1.44 bits per heavy atom. The molecule has 0 atom stereocenters. The molecule has 0 radical (unpaired) electrons. The maximum atomic E-state index is 10.9. The van der Waals surface area contributed by atoms with Crippen LogP contribution in [-0.2, 0) is 0 Å². The van der Waals surface area contributed by atoms with Crippen LogP contribution in [0.4, 0.5) is 0 Å². The normalized spacial score (nSPS) is 10.3. The highest BCUT2D eigenvalue weighted by Gasteiger charge is 2.16. The molecule has 1 aromatic carbocycles. The third kappa shape index (κ3) is 1.72. The first-order valence-electron chi connectivity index (χ1n) is 4.35. The molecule has 0 saturated heterocycles. The van der Waals surface area contributed by atoms with Crippen LogP contribution < -0.4 is 0 Å². The second kappa shape index (κ2) is 3.86. The van der Waals surface area contributed by atoms with Crippen molar-refractivity contribution in [2.75, 3.05) is 0 Å². The fraction of sp³-hybridized carbons (Fsp3) is 0. The zero-order chi connectivity index (χ0) is 11.7. The Bertz CT molecular complexity index is 551. The van der Waals surface area contributed by atoms with Gasteiger partial charge in [-0.05, 0) is 18.2 Å². The number of benzene rings is 1. The molecule has 2 aromatic rings. The lowest BCUT2D eigenvalue weighted by atomic mass is 10.1. The van der Waals surface area contributed by atoms with Crippen molar-refractivity contribution < 1.29 is 15.0 Å². The van der Waals surface area contributed by atoms with E-state index in [0.717, 1.165) is 0 Å². The van der Waals surface area contributed by atoms with Gasteiger partial charge in [-0.1, -0.05) is 11.6 Å². The van der Waals surface area contributed by atoms with Crippen LogP contribution >= 0.6 is 11.6 Å². The van der Waals surface area contributed by atoms with Gasteiger partial charge in [0.25, 0.3) is 0 Å². The summed E-state index contributed by atoms with van der Waals surface area (Å²) < 4.78 is 0. The average molecular weight is 239 g/mol. The first kappa shape index (κ1) is 10.5. The number of aromatic carboxylic acids is 1. The molecule has 0 amide bonds. The topological polar surface area (TPSA) is 86.2 Å². The molecule has 0 aliphatic heterocycles. The van der Waals surface area contributed by atoms with E-state index >= 15 is 0 Å². The number of nitrogens with one attached hydrogen (secondary N) is 1. The van der Waals surface area contributed by atoms with E-state index in [1.54, 1.807) is 0 Å². The van der Waals surface area contributed by atoms with Crippen LogP contribution in [-0.4, -0.2) is 26.4 Å². The van der Waals surface area contributed by atoms with Crippen molar-refractivity contribution >= 4 is 17.6 Å². The highest BCUT2D eigenvalue weighted by atomic mass is 35.5. The molecule has 6 heteroatoms. The van der Waals surface area contributed by atoms with Gasteiger partial charge < -0.3 is 10.2 Å². The molecule has 0 bridgehead atoms. The molecular weight excluding hydrogens is 232 g/mol. The van der Waals surface area contributed by atoms with Crippen LogP contribution in [0.2, 0.25) is 5.02 Å². The van der Waals surface area contributed by atoms with Crippen LogP contribution in [0.1, 0.15) is 10.4 Å². The largest absolute Gasteiger partial charge is 0.507 e. The minimum Gasteiger partial charge on any atom is -0.507 e. The van der Waals surface area contributed by atoms with Crippen LogP contribution in [0.3, 0.4) is 0 Å². The monoisotopic (exact) mass is 238 g/mol. The molecule has 0 fully saturated rings. The van der Waals surface area contributed by atoms with E-state index in [0.29, 0.717) is 10.6 Å². The van der Waals surface area contributed by atoms with Gasteiger partial charge in [0.1, 0.15) is 11.3 Å². The van der Waals surface area contributed by atoms with Gasteiger partial charge in [0.2, 0.25) is 0 Å². The molecule has 16 heavy (non-hydrogen) atoms. The molecule has 0 aliphatic rings. The minimum atomic E-state index is -1.12. The number of hydrogen-bond acceptors (Lipinski definition) is 3. The van der Waals surface area contributed by atoms with E-state index in [2.05, 4.69) is 10.2 Å². The lowest BCUT2D eigenvalue weighted by Gasteiger charge is -2.03. The summed E-state index contributed by atoms with van der Waals surface area (Å²) in [5.41, 5.74) is 0.521. The Balaban J connectivity index is 2.62. The summed E-state index contributed by atoms with van der Waals surface area (Å²) in [6.07, 6.45) is 1.18. The van der Waals surface area contributed by atoms with Gasteiger partial charge >= 0.3 is 5.97 Å². The molecule has 1 aromatic heterocycles. The Morgan fingerprint density at radius 2 is 2.19 bits per heavy atom. The van der Waals surface area contributed by atoms with Gasteiger partial charge in [0.05, 0.1) is 11.9 Å². The maximum absolute atomic E-state index is 10.9. The van der Waals surface area contributed by atoms with Gasteiger partial charge in [-0.2, -0.15) is 5.10 Å². The average Bonchev–Trinajstić information content (AvgIpc) is 2.70. The summed E-state index contributed by atoms with van der Waals surface area (Å²) in [6.45, 7) is 0. The van der Waals surface area contributed by atoms with Gasteiger partial charge in [-0.15, -0.1) is 0 Å². The molecule has 2 rings (SSSR count). The highest BCUT2D eigenvalue weighted by Crippen LogP contribution is 2.32. The van der Waals surface area contributed by atoms with Crippen molar-refractivity contribution in [3.8, 4) is 17.0 Å². The zero-order valence-corrected chi connectivity index (χ0v) is 8.69. The van der Waals surface area contributed by atoms with Crippen molar-refractivity contribution in [1.82, 2.24) is 10.2 Å². The number of carbonyl (C=O) groups is 1. The van der Waals surface area contributed by atoms with Crippen LogP contribution in [0.5, 0.6) is 5.75 Å². The first-order valence-corrected chi connectivity index (χ1v) is 4.73. The van der Waals surface area contributed by atoms with E-state index in [1.807, 2.05) is 0 Å². The van der Waals surface area contributed by atoms with Crippen molar-refractivity contribution in [1.29, 1.82) is 0 Å². The predicted octanol–water partition coefficient (Wildman–Crippen LogP) is 2.13. The summed E-state index contributed by atoms with van der Waals surface area (Å²) in [5, 5.41) is 25.1. The Hall–Kier alpha value is -2.01. The van der Waals surface area contributed by atoms with Crippen LogP contribution in [0, 0.1) is 0 Å². The smallest absolute Gasteiger partial charge is 0.339 e. The standard InChI is InChI=1S/C10H7ClN2O3/c11-5-1-2-8(14)6(3-5)9-7(10(15)16)4-12-13-9/h1-4,14H,(H,12,13)(H,15,16). The minimum absolute atomic E-state index is 0.0161. The number of rotatable bonds is 2. The SMILES string of the molecule is O=C(O)c1cn[nH]c1-c1cc(Cl)ccc1O. The molecule has 0 unspecified atom stereocenters. The third-order valence-corrected chi connectivity index (χ3v) is 2.33. The lowest BCUT2D eigenvalue weighted by Crippen LogP contribution is -1.96. The number of hydrogen-bond donors (Lipinski definition) is 3. The van der Waals surface area contributed by atoms with Crippen molar-refractivity contribution in [3.05, 3.63) is 35.0 Å². The van der Waals surface area contributed by atoms with E-state index < -0.39 is 5.97 Å². The summed E-state index contributed by atoms with van der Waals surface area (Å²) in [4.78, 5) is 10.9. The van der Waals surface area contributed by atoms with Gasteiger partial charge in [0.15, 0.2) is 0 Å². The number of carboxylic acid groups (broad SMARTS) is 1. The van der Waals surface area contributed by atoms with Gasteiger partial charge in [0, 0.05) is 10.6 Å². The lowest BCUT2D eigenvalue weighted by molar-refractivity contribution is 0.0698. The number of aromatic hydroxyl groups is 1. The summed E-state index contributed by atoms with van der Waals surface area (Å²) in [5.74, 6) is -1.18. The fourth-order valence-electron chi connectivity index (χ4n) is 1.36. The molecule has 0 spiro atoms. The van der Waals surface area contributed by atoms with Gasteiger partial charge in [-0.25, -0.2) is 4.79 Å². The maximum Gasteiger partial charge on any atom is 0.339 e. The number of phenols is 1. The summed E-state index contributed by atoms with van der Waals surface area (Å²) in [6, 6.07) is 4.37. The molecule has 0 saturated carbocycles. The number of phenolic OH excluding ortho intramolecular Hbond substituents is 1. The quantitative estimate of drug-likeness (QED) is 0.748. The molecule has 0 aliphatic carbocycles. The molecule has 82 valence electrons. The highest BCUT2D eigenvalue weighted by molar-refractivity contribution is 6.31. The Morgan fingerprint density at radius 3 is 2.88 bits per heavy atom. The van der Waals surface area contributed by atoms with E-state index in [-0.39, 0.29) is 17.0 Å². The van der Waals surface area contributed by atoms with E-state index in [4.69, 9.17) is 16.7 Å². The fourth-order valence-corrected chi connectivity index (χ4v) is 1.53. The van der Waals surface area contributed by atoms with E-state index in [9.17, 15) is 9.90 Å². The zero-order valence-electron chi connectivity index (χ0n) is 7.94. The number of aromatic nitrogens is 2. The molecular formula is C10H7ClN2O3. The Labute approximate surface area is 95.3 Å². The van der Waals surface area contributed by atoms with Crippen LogP contribution in [0.15, 0.2) is 24.4 Å². The van der Waals surface area contributed by atoms with Gasteiger partial charge in [-0.3, -0.25) is 5.10 Å². The van der Waals surface area contributed by atoms with Crippen LogP contribution in [0.25, 0.3) is 11.3 Å². The Kier molecular flexibility index (Phi) is 2.54. The number of halogens is 1. The first-order chi connectivity index (χ1) is 7.59. The van der Waals surface area contributed by atoms with Crippen molar-refractivity contribution in [2.24, 2.45) is 0 Å².